The molecule has 0 atom stereocenters. The van der Waals surface area contributed by atoms with Crippen molar-refractivity contribution in [2.75, 3.05) is 25.3 Å². The number of aromatic nitrogens is 4. The molecule has 152 valence electrons. The van der Waals surface area contributed by atoms with Crippen molar-refractivity contribution in [3.05, 3.63) is 60.7 Å². The van der Waals surface area contributed by atoms with Gasteiger partial charge in [0, 0.05) is 29.4 Å². The monoisotopic (exact) mass is 421 g/mol. The van der Waals surface area contributed by atoms with Gasteiger partial charge in [-0.15, -0.1) is 10.2 Å². The number of fused-ring (bicyclic) bond motifs is 1. The number of ether oxygens (including phenoxy) is 2. The molecule has 0 bridgehead atoms. The van der Waals surface area contributed by atoms with E-state index >= 15 is 0 Å². The van der Waals surface area contributed by atoms with E-state index in [1.165, 1.54) is 11.8 Å². The summed E-state index contributed by atoms with van der Waals surface area (Å²) in [5.41, 5.74) is 3.01. The minimum absolute atomic E-state index is 0.150. The summed E-state index contributed by atoms with van der Waals surface area (Å²) in [6.07, 6.45) is 0. The van der Waals surface area contributed by atoms with E-state index < -0.39 is 0 Å². The van der Waals surface area contributed by atoms with Gasteiger partial charge in [0.15, 0.2) is 5.65 Å². The van der Waals surface area contributed by atoms with Gasteiger partial charge in [0.25, 0.3) is 0 Å². The lowest BCUT2D eigenvalue weighted by molar-refractivity contribution is -0.113. The first-order valence-corrected chi connectivity index (χ1v) is 10.1. The Kier molecular flexibility index (Phi) is 5.80. The molecular formula is C21H19N5O3S. The van der Waals surface area contributed by atoms with Crippen LogP contribution in [0.25, 0.3) is 16.9 Å². The average molecular weight is 421 g/mol. The molecule has 2 aromatic heterocycles. The van der Waals surface area contributed by atoms with E-state index in [0.717, 1.165) is 11.3 Å². The minimum atomic E-state index is -0.189. The van der Waals surface area contributed by atoms with Gasteiger partial charge in [-0.25, -0.2) is 0 Å². The first-order chi connectivity index (χ1) is 14.7. The lowest BCUT2D eigenvalue weighted by atomic mass is 10.1. The van der Waals surface area contributed by atoms with Gasteiger partial charge >= 0.3 is 0 Å². The Balaban J connectivity index is 1.48. The smallest absolute Gasteiger partial charge is 0.234 e. The Hall–Kier alpha value is -3.59. The molecule has 4 rings (SSSR count). The molecule has 0 radical (unpaired) electrons. The second kappa shape index (κ2) is 8.83. The summed E-state index contributed by atoms with van der Waals surface area (Å²) in [5, 5.41) is 16.3. The van der Waals surface area contributed by atoms with Crippen LogP contribution in [0, 0.1) is 0 Å². The van der Waals surface area contributed by atoms with Crippen LogP contribution in [0.15, 0.2) is 65.8 Å². The van der Waals surface area contributed by atoms with Crippen LogP contribution in [0.3, 0.4) is 0 Å². The lowest BCUT2D eigenvalue weighted by Gasteiger charge is -2.09. The van der Waals surface area contributed by atoms with Gasteiger partial charge in [-0.2, -0.15) is 9.61 Å². The second-order valence-corrected chi connectivity index (χ2v) is 7.22. The number of thioether (sulfide) groups is 1. The lowest BCUT2D eigenvalue weighted by Crippen LogP contribution is -2.14. The van der Waals surface area contributed by atoms with Crippen molar-refractivity contribution in [1.29, 1.82) is 0 Å². The third-order valence-electron chi connectivity index (χ3n) is 4.27. The summed E-state index contributed by atoms with van der Waals surface area (Å²) in [5.74, 6) is 1.15. The number of methoxy groups -OCH3 is 2. The van der Waals surface area contributed by atoms with Gasteiger partial charge in [0.2, 0.25) is 11.1 Å². The van der Waals surface area contributed by atoms with Crippen LogP contribution in [-0.2, 0) is 4.79 Å². The number of hydrogen-bond acceptors (Lipinski definition) is 7. The summed E-state index contributed by atoms with van der Waals surface area (Å²) in [7, 11) is 3.12. The third-order valence-corrected chi connectivity index (χ3v) is 5.19. The van der Waals surface area contributed by atoms with Crippen LogP contribution in [0.5, 0.6) is 11.5 Å². The normalized spacial score (nSPS) is 10.7. The van der Waals surface area contributed by atoms with Crippen molar-refractivity contribution in [3.8, 4) is 22.8 Å². The van der Waals surface area contributed by atoms with Crippen LogP contribution in [0.2, 0.25) is 0 Å². The van der Waals surface area contributed by atoms with Crippen molar-refractivity contribution < 1.29 is 14.3 Å². The zero-order valence-corrected chi connectivity index (χ0v) is 17.2. The highest BCUT2D eigenvalue weighted by Gasteiger charge is 2.12. The van der Waals surface area contributed by atoms with Crippen LogP contribution in [-0.4, -0.2) is 45.7 Å². The zero-order valence-electron chi connectivity index (χ0n) is 16.4. The highest BCUT2D eigenvalue weighted by atomic mass is 32.2. The number of hydrogen-bond donors (Lipinski definition) is 1. The Bertz CT molecular complexity index is 1160. The summed E-state index contributed by atoms with van der Waals surface area (Å²) < 4.78 is 12.1. The fraction of sp³-hybridized carbons (Fsp3) is 0.143. The van der Waals surface area contributed by atoms with E-state index in [-0.39, 0.29) is 11.7 Å². The molecule has 1 amide bonds. The molecule has 0 fully saturated rings. The number of rotatable bonds is 7. The summed E-state index contributed by atoms with van der Waals surface area (Å²) in [6, 6.07) is 18.8. The van der Waals surface area contributed by atoms with Crippen LogP contribution in [0.1, 0.15) is 0 Å². The molecule has 0 aliphatic carbocycles. The first-order valence-electron chi connectivity index (χ1n) is 9.10. The van der Waals surface area contributed by atoms with Gasteiger partial charge < -0.3 is 14.8 Å². The number of amides is 1. The SMILES string of the molecule is COc1cc(NC(=O)CSc2nnc3ccc(-c4ccccc4)nn23)cc(OC)c1. The first kappa shape index (κ1) is 19.7. The molecule has 2 heterocycles. The molecule has 2 aromatic carbocycles. The fourth-order valence-corrected chi connectivity index (χ4v) is 3.52. The molecule has 9 heteroatoms. The Labute approximate surface area is 177 Å². The number of anilines is 1. The molecular weight excluding hydrogens is 402 g/mol. The molecule has 4 aromatic rings. The van der Waals surface area contributed by atoms with Crippen molar-refractivity contribution in [3.63, 3.8) is 0 Å². The second-order valence-electron chi connectivity index (χ2n) is 6.28. The maximum absolute atomic E-state index is 12.4. The van der Waals surface area contributed by atoms with Gasteiger partial charge in [0.05, 0.1) is 25.7 Å². The maximum atomic E-state index is 12.4. The highest BCUT2D eigenvalue weighted by Crippen LogP contribution is 2.26. The largest absolute Gasteiger partial charge is 0.497 e. The molecule has 1 N–H and O–H groups in total. The van der Waals surface area contributed by atoms with Crippen molar-refractivity contribution >= 4 is 29.0 Å². The average Bonchev–Trinajstić information content (AvgIpc) is 3.20. The molecule has 0 aliphatic heterocycles. The van der Waals surface area contributed by atoms with Gasteiger partial charge in [-0.05, 0) is 12.1 Å². The Morgan fingerprint density at radius 2 is 1.73 bits per heavy atom. The van der Waals surface area contributed by atoms with E-state index in [4.69, 9.17) is 9.47 Å². The molecule has 0 saturated heterocycles. The maximum Gasteiger partial charge on any atom is 0.234 e. The van der Waals surface area contributed by atoms with E-state index in [2.05, 4.69) is 20.6 Å². The van der Waals surface area contributed by atoms with Crippen LogP contribution < -0.4 is 14.8 Å². The number of benzene rings is 2. The Morgan fingerprint density at radius 3 is 2.43 bits per heavy atom. The van der Waals surface area contributed by atoms with E-state index in [0.29, 0.717) is 28.0 Å². The van der Waals surface area contributed by atoms with Crippen molar-refractivity contribution in [2.24, 2.45) is 0 Å². The summed E-state index contributed by atoms with van der Waals surface area (Å²) in [4.78, 5) is 12.4. The van der Waals surface area contributed by atoms with Gasteiger partial charge in [0.1, 0.15) is 11.5 Å². The number of carbonyl (C=O) groups is 1. The standard InChI is InChI=1S/C21H19N5O3S/c1-28-16-10-15(11-17(12-16)29-2)22-20(27)13-30-21-24-23-19-9-8-18(25-26(19)21)14-6-4-3-5-7-14/h3-12H,13H2,1-2H3,(H,22,27). The van der Waals surface area contributed by atoms with Crippen molar-refractivity contribution in [2.45, 2.75) is 5.16 Å². The quantitative estimate of drug-likeness (QED) is 0.457. The molecule has 0 saturated carbocycles. The molecule has 0 aliphatic rings. The fourth-order valence-electron chi connectivity index (χ4n) is 2.83. The predicted octanol–water partition coefficient (Wildman–Crippen LogP) is 3.54. The minimum Gasteiger partial charge on any atom is -0.497 e. The summed E-state index contributed by atoms with van der Waals surface area (Å²) >= 11 is 1.26. The van der Waals surface area contributed by atoms with E-state index in [1.807, 2.05) is 42.5 Å². The highest BCUT2D eigenvalue weighted by molar-refractivity contribution is 7.99. The Morgan fingerprint density at radius 1 is 1.00 bits per heavy atom. The summed E-state index contributed by atoms with van der Waals surface area (Å²) in [6.45, 7) is 0. The molecule has 30 heavy (non-hydrogen) atoms. The molecule has 0 spiro atoms. The molecule has 0 unspecified atom stereocenters. The zero-order chi connectivity index (χ0) is 20.9. The third kappa shape index (κ3) is 4.36. The van der Waals surface area contributed by atoms with Gasteiger partial charge in [-0.1, -0.05) is 42.1 Å². The van der Waals surface area contributed by atoms with E-state index in [1.54, 1.807) is 36.9 Å². The number of nitrogens with zero attached hydrogens (tertiary/aromatic N) is 4. The topological polar surface area (TPSA) is 90.6 Å². The van der Waals surface area contributed by atoms with Crippen LogP contribution >= 0.6 is 11.8 Å². The van der Waals surface area contributed by atoms with Gasteiger partial charge in [-0.3, -0.25) is 4.79 Å². The predicted molar refractivity (Wildman–Crippen MR) is 115 cm³/mol. The van der Waals surface area contributed by atoms with E-state index in [9.17, 15) is 4.79 Å². The van der Waals surface area contributed by atoms with Crippen LogP contribution in [0.4, 0.5) is 5.69 Å². The number of carbonyl (C=O) groups excluding carboxylic acids is 1. The number of nitrogens with one attached hydrogen (secondary N) is 1. The molecule has 8 nitrogen and oxygen atoms in total. The van der Waals surface area contributed by atoms with Crippen molar-refractivity contribution in [1.82, 2.24) is 19.8 Å².